The van der Waals surface area contributed by atoms with Gasteiger partial charge in [-0.25, -0.2) is 0 Å². The average molecular weight is 145 g/mol. The van der Waals surface area contributed by atoms with Gasteiger partial charge in [-0.05, 0) is 0 Å². The van der Waals surface area contributed by atoms with Crippen molar-refractivity contribution < 1.29 is 56.9 Å². The van der Waals surface area contributed by atoms with E-state index in [-0.39, 0.29) is 61.6 Å². The van der Waals surface area contributed by atoms with Crippen LogP contribution >= 0.6 is 12.6 Å². The van der Waals surface area contributed by atoms with E-state index in [4.69, 9.17) is 0 Å². The van der Waals surface area contributed by atoms with Gasteiger partial charge in [0.05, 0.1) is 0 Å². The molecule has 0 atom stereocenters. The largest absolute Gasteiger partial charge is 1.00 e. The van der Waals surface area contributed by atoms with Crippen LogP contribution in [0, 0.1) is 0 Å². The Morgan fingerprint density at radius 1 is 1.14 bits per heavy atom. The summed E-state index contributed by atoms with van der Waals surface area (Å²) in [6.07, 6.45) is 0. The fraction of sp³-hybridized carbons (Fsp3) is 1.00. The van der Waals surface area contributed by atoms with E-state index < -0.39 is 0 Å². The van der Waals surface area contributed by atoms with Crippen LogP contribution in [-0.4, -0.2) is 4.75 Å². The zero-order valence-electron chi connectivity index (χ0n) is 5.36. The van der Waals surface area contributed by atoms with E-state index in [0.29, 0.717) is 0 Å². The molecule has 39 valence electrons. The number of thiol groups is 1. The van der Waals surface area contributed by atoms with Crippen molar-refractivity contribution in [2.24, 2.45) is 0 Å². The third-order valence-electron chi connectivity index (χ3n) is 0. The molecule has 0 aromatic carbocycles. The standard InChI is InChI=1S/C4H10S.K.O/c1-4(2,3)5;;/h5H,1-3H3;;/q;+1;-1. The van der Waals surface area contributed by atoms with E-state index in [1.807, 2.05) is 0 Å². The molecule has 0 aliphatic carbocycles. The molecule has 0 aliphatic heterocycles. The fourth-order valence-electron chi connectivity index (χ4n) is 0. The Labute approximate surface area is 93.4 Å². The topological polar surface area (TPSA) is 28.5 Å². The van der Waals surface area contributed by atoms with Gasteiger partial charge >= 0.3 is 51.4 Å². The molecule has 0 heterocycles. The summed E-state index contributed by atoms with van der Waals surface area (Å²) in [5.41, 5.74) is 0. The maximum Gasteiger partial charge on any atom is 1.00 e. The molecule has 0 rings (SSSR count). The zero-order chi connectivity index (χ0) is 4.50. The van der Waals surface area contributed by atoms with Crippen LogP contribution in [-0.2, 0) is 5.48 Å². The monoisotopic (exact) mass is 145 g/mol. The molecule has 0 N–H and O–H groups in total. The predicted octanol–water partition coefficient (Wildman–Crippen LogP) is -1.40. The van der Waals surface area contributed by atoms with Crippen LogP contribution < -0.4 is 51.4 Å². The van der Waals surface area contributed by atoms with Crippen molar-refractivity contribution in [1.82, 2.24) is 0 Å². The van der Waals surface area contributed by atoms with Gasteiger partial charge in [0.25, 0.3) is 0 Å². The molecule has 0 aromatic heterocycles. The summed E-state index contributed by atoms with van der Waals surface area (Å²) in [6.45, 7) is 6.16. The zero-order valence-corrected chi connectivity index (χ0v) is 9.37. The SMILES string of the molecule is CC(C)(C)S.[K+].[O-]. The van der Waals surface area contributed by atoms with Crippen molar-refractivity contribution in [3.05, 3.63) is 0 Å². The Morgan fingerprint density at radius 2 is 1.14 bits per heavy atom. The first-order chi connectivity index (χ1) is 2.00. The number of hydrogen-bond donors (Lipinski definition) is 1. The first-order valence-corrected chi connectivity index (χ1v) is 2.17. The molecule has 0 bridgehead atoms. The maximum absolute atomic E-state index is 4.12. The summed E-state index contributed by atoms with van der Waals surface area (Å²) in [5.74, 6) is 0. The summed E-state index contributed by atoms with van der Waals surface area (Å²) < 4.78 is 0.194. The first kappa shape index (κ1) is 16.0. The predicted molar refractivity (Wildman–Crippen MR) is 29.4 cm³/mol. The van der Waals surface area contributed by atoms with Gasteiger partial charge in [0.1, 0.15) is 0 Å². The van der Waals surface area contributed by atoms with E-state index in [1.54, 1.807) is 0 Å². The van der Waals surface area contributed by atoms with E-state index >= 15 is 0 Å². The van der Waals surface area contributed by atoms with Crippen molar-refractivity contribution in [3.63, 3.8) is 0 Å². The van der Waals surface area contributed by atoms with Gasteiger partial charge in [0.15, 0.2) is 0 Å². The Bertz CT molecular complexity index is 27.2. The second kappa shape index (κ2) is 6.07. The minimum absolute atomic E-state index is 0. The number of hydrogen-bond acceptors (Lipinski definition) is 2. The number of rotatable bonds is 0. The molecule has 0 amide bonds. The second-order valence-corrected chi connectivity index (χ2v) is 3.51. The normalized spacial score (nSPS) is 8.57. The Hall–Kier alpha value is 1.95. The molecule has 3 heteroatoms. The van der Waals surface area contributed by atoms with Crippen molar-refractivity contribution in [3.8, 4) is 0 Å². The third kappa shape index (κ3) is 74.2. The van der Waals surface area contributed by atoms with E-state index in [2.05, 4.69) is 33.4 Å². The fourth-order valence-corrected chi connectivity index (χ4v) is 0. The molecule has 0 aliphatic rings. The third-order valence-corrected chi connectivity index (χ3v) is 0. The van der Waals surface area contributed by atoms with Crippen LogP contribution in [0.1, 0.15) is 20.8 Å². The molecule has 1 nitrogen and oxygen atoms in total. The van der Waals surface area contributed by atoms with E-state index in [1.165, 1.54) is 0 Å². The van der Waals surface area contributed by atoms with Gasteiger partial charge in [-0.3, -0.25) is 0 Å². The molecule has 1 radical (unpaired) electrons. The van der Waals surface area contributed by atoms with Crippen molar-refractivity contribution in [1.29, 1.82) is 0 Å². The van der Waals surface area contributed by atoms with Gasteiger partial charge in [-0.2, -0.15) is 12.6 Å². The second-order valence-electron chi connectivity index (χ2n) is 2.17. The van der Waals surface area contributed by atoms with Gasteiger partial charge in [-0.15, -0.1) is 0 Å². The van der Waals surface area contributed by atoms with Crippen molar-refractivity contribution in [2.45, 2.75) is 25.5 Å². The molecule has 0 unspecified atom stereocenters. The molecular weight excluding hydrogens is 135 g/mol. The van der Waals surface area contributed by atoms with E-state index in [9.17, 15) is 0 Å². The molecule has 0 saturated heterocycles. The van der Waals surface area contributed by atoms with Gasteiger partial charge in [-0.1, -0.05) is 20.8 Å². The van der Waals surface area contributed by atoms with Crippen LogP contribution in [0.2, 0.25) is 0 Å². The van der Waals surface area contributed by atoms with Gasteiger partial charge in [0.2, 0.25) is 0 Å². The van der Waals surface area contributed by atoms with Gasteiger partial charge < -0.3 is 5.48 Å². The maximum atomic E-state index is 4.12. The molecule has 0 aromatic rings. The van der Waals surface area contributed by atoms with Crippen molar-refractivity contribution >= 4 is 12.6 Å². The summed E-state index contributed by atoms with van der Waals surface area (Å²) >= 11 is 4.12. The summed E-state index contributed by atoms with van der Waals surface area (Å²) in [7, 11) is 0. The van der Waals surface area contributed by atoms with Crippen LogP contribution in [0.3, 0.4) is 0 Å². The molecule has 0 spiro atoms. The average Bonchev–Trinajstić information content (AvgIpc) is 0.722. The molecular formula is C4H10KOS. The smallest absolute Gasteiger partial charge is 1.00 e. The van der Waals surface area contributed by atoms with Crippen LogP contribution in [0.4, 0.5) is 0 Å². The molecule has 0 fully saturated rings. The summed E-state index contributed by atoms with van der Waals surface area (Å²) in [4.78, 5) is 0. The van der Waals surface area contributed by atoms with E-state index in [0.717, 1.165) is 0 Å². The van der Waals surface area contributed by atoms with Crippen molar-refractivity contribution in [2.75, 3.05) is 0 Å². The van der Waals surface area contributed by atoms with Crippen LogP contribution in [0.5, 0.6) is 0 Å². The minimum Gasteiger partial charge on any atom is -1.00 e. The minimum atomic E-state index is 0. The van der Waals surface area contributed by atoms with Crippen LogP contribution in [0.25, 0.3) is 0 Å². The molecule has 7 heavy (non-hydrogen) atoms. The molecule has 0 saturated carbocycles. The quantitative estimate of drug-likeness (QED) is 0.321. The first-order valence-electron chi connectivity index (χ1n) is 1.72. The van der Waals surface area contributed by atoms with Crippen LogP contribution in [0.15, 0.2) is 0 Å². The Balaban J connectivity index is -0.0000000800. The Kier molecular flexibility index (Phi) is 13.9. The van der Waals surface area contributed by atoms with Gasteiger partial charge in [0, 0.05) is 4.75 Å². The Morgan fingerprint density at radius 3 is 1.14 bits per heavy atom. The summed E-state index contributed by atoms with van der Waals surface area (Å²) in [5, 5.41) is 0. The summed E-state index contributed by atoms with van der Waals surface area (Å²) in [6, 6.07) is 0.